The van der Waals surface area contributed by atoms with Crippen LogP contribution in [0.4, 0.5) is 0 Å². The first-order valence-corrected chi connectivity index (χ1v) is 6.71. The highest BCUT2D eigenvalue weighted by Gasteiger charge is 2.14. The van der Waals surface area contributed by atoms with Crippen LogP contribution >= 0.6 is 0 Å². The zero-order valence-electron chi connectivity index (χ0n) is 12.1. The summed E-state index contributed by atoms with van der Waals surface area (Å²) in [4.78, 5) is 14.0. The van der Waals surface area contributed by atoms with E-state index >= 15 is 0 Å². The summed E-state index contributed by atoms with van der Waals surface area (Å²) in [7, 11) is 1.80. The molecule has 0 unspecified atom stereocenters. The molecule has 4 heteroatoms. The van der Waals surface area contributed by atoms with Gasteiger partial charge in [0.25, 0.3) is 5.91 Å². The highest BCUT2D eigenvalue weighted by atomic mass is 16.5. The molecule has 1 amide bonds. The van der Waals surface area contributed by atoms with Crippen molar-refractivity contribution in [3.05, 3.63) is 35.4 Å². The fourth-order valence-corrected chi connectivity index (χ4v) is 1.83. The minimum atomic E-state index is 0.0245. The highest BCUT2D eigenvalue weighted by Crippen LogP contribution is 2.11. The first-order valence-electron chi connectivity index (χ1n) is 6.71. The zero-order valence-corrected chi connectivity index (χ0v) is 12.1. The Morgan fingerprint density at radius 2 is 2.05 bits per heavy atom. The molecule has 19 heavy (non-hydrogen) atoms. The van der Waals surface area contributed by atoms with Gasteiger partial charge in [-0.2, -0.15) is 0 Å². The second-order valence-corrected chi connectivity index (χ2v) is 4.84. The fourth-order valence-electron chi connectivity index (χ4n) is 1.83. The Balaban J connectivity index is 2.65. The average Bonchev–Trinajstić information content (AvgIpc) is 2.38. The van der Waals surface area contributed by atoms with E-state index in [4.69, 9.17) is 10.5 Å². The van der Waals surface area contributed by atoms with E-state index in [0.717, 1.165) is 17.5 Å². The maximum atomic E-state index is 12.3. The number of ether oxygens (including phenoxy) is 1. The summed E-state index contributed by atoms with van der Waals surface area (Å²) in [5, 5.41) is 0. The van der Waals surface area contributed by atoms with Crippen molar-refractivity contribution in [1.29, 1.82) is 0 Å². The Hall–Kier alpha value is -1.39. The van der Waals surface area contributed by atoms with E-state index < -0.39 is 0 Å². The molecule has 0 aliphatic rings. The van der Waals surface area contributed by atoms with Crippen molar-refractivity contribution in [2.75, 3.05) is 26.7 Å². The van der Waals surface area contributed by atoms with E-state index in [1.165, 1.54) is 0 Å². The van der Waals surface area contributed by atoms with Gasteiger partial charge in [-0.1, -0.05) is 18.2 Å². The smallest absolute Gasteiger partial charge is 0.253 e. The van der Waals surface area contributed by atoms with Gasteiger partial charge in [-0.25, -0.2) is 0 Å². The lowest BCUT2D eigenvalue weighted by atomic mass is 10.0. The molecule has 0 aliphatic carbocycles. The standard InChI is InChI=1S/C15H24N2O2/c1-12(2)19-11-10-17(3)15(18)14-7-5-4-6-13(14)8-9-16/h4-7,12H,8-11,16H2,1-3H3. The van der Waals surface area contributed by atoms with Gasteiger partial charge in [-0.15, -0.1) is 0 Å². The minimum absolute atomic E-state index is 0.0245. The molecule has 0 heterocycles. The quantitative estimate of drug-likeness (QED) is 0.815. The number of benzene rings is 1. The summed E-state index contributed by atoms with van der Waals surface area (Å²) < 4.78 is 5.46. The van der Waals surface area contributed by atoms with Crippen molar-refractivity contribution in [2.45, 2.75) is 26.4 Å². The van der Waals surface area contributed by atoms with Crippen molar-refractivity contribution < 1.29 is 9.53 Å². The van der Waals surface area contributed by atoms with Gasteiger partial charge in [0.15, 0.2) is 0 Å². The predicted octanol–water partition coefficient (Wildman–Crippen LogP) is 1.68. The number of carbonyl (C=O) groups is 1. The molecule has 0 saturated heterocycles. The lowest BCUT2D eigenvalue weighted by molar-refractivity contribution is 0.0531. The highest BCUT2D eigenvalue weighted by molar-refractivity contribution is 5.95. The largest absolute Gasteiger partial charge is 0.377 e. The molecule has 0 radical (unpaired) electrons. The molecular formula is C15H24N2O2. The fraction of sp³-hybridized carbons (Fsp3) is 0.533. The number of nitrogens with zero attached hydrogens (tertiary/aromatic N) is 1. The summed E-state index contributed by atoms with van der Waals surface area (Å²) in [6.45, 7) is 5.66. The van der Waals surface area contributed by atoms with Crippen LogP contribution < -0.4 is 5.73 Å². The maximum absolute atomic E-state index is 12.3. The maximum Gasteiger partial charge on any atom is 0.253 e. The van der Waals surface area contributed by atoms with E-state index in [9.17, 15) is 4.79 Å². The summed E-state index contributed by atoms with van der Waals surface area (Å²) >= 11 is 0. The number of rotatable bonds is 7. The lowest BCUT2D eigenvalue weighted by Gasteiger charge is -2.19. The summed E-state index contributed by atoms with van der Waals surface area (Å²) in [5.41, 5.74) is 7.32. The molecule has 2 N–H and O–H groups in total. The van der Waals surface area contributed by atoms with Gasteiger partial charge in [0.1, 0.15) is 0 Å². The van der Waals surface area contributed by atoms with Crippen LogP contribution in [-0.2, 0) is 11.2 Å². The van der Waals surface area contributed by atoms with Gasteiger partial charge in [-0.05, 0) is 38.4 Å². The Labute approximate surface area is 115 Å². The van der Waals surface area contributed by atoms with E-state index in [1.54, 1.807) is 11.9 Å². The summed E-state index contributed by atoms with van der Waals surface area (Å²) in [6.07, 6.45) is 0.908. The van der Waals surface area contributed by atoms with Gasteiger partial charge in [0, 0.05) is 19.2 Å². The van der Waals surface area contributed by atoms with Crippen molar-refractivity contribution in [3.8, 4) is 0 Å². The van der Waals surface area contributed by atoms with Gasteiger partial charge in [0.2, 0.25) is 0 Å². The number of hydrogen-bond acceptors (Lipinski definition) is 3. The third-order valence-corrected chi connectivity index (χ3v) is 2.89. The number of carbonyl (C=O) groups excluding carboxylic acids is 1. The second kappa shape index (κ2) is 7.92. The number of hydrogen-bond donors (Lipinski definition) is 1. The zero-order chi connectivity index (χ0) is 14.3. The minimum Gasteiger partial charge on any atom is -0.377 e. The van der Waals surface area contributed by atoms with Gasteiger partial charge >= 0.3 is 0 Å². The molecular weight excluding hydrogens is 240 g/mol. The third-order valence-electron chi connectivity index (χ3n) is 2.89. The van der Waals surface area contributed by atoms with Crippen LogP contribution in [0.3, 0.4) is 0 Å². The van der Waals surface area contributed by atoms with Crippen molar-refractivity contribution in [1.82, 2.24) is 4.90 Å². The number of nitrogens with two attached hydrogens (primary N) is 1. The molecule has 1 aromatic rings. The molecule has 0 aliphatic heterocycles. The lowest BCUT2D eigenvalue weighted by Crippen LogP contribution is -2.31. The average molecular weight is 264 g/mol. The van der Waals surface area contributed by atoms with Crippen LogP contribution in [0.2, 0.25) is 0 Å². The number of likely N-dealkylation sites (N-methyl/N-ethyl adjacent to an activating group) is 1. The summed E-state index contributed by atoms with van der Waals surface area (Å²) in [5.74, 6) is 0.0245. The summed E-state index contributed by atoms with van der Waals surface area (Å²) in [6, 6.07) is 7.63. The Kier molecular flexibility index (Phi) is 6.53. The second-order valence-electron chi connectivity index (χ2n) is 4.84. The van der Waals surface area contributed by atoms with Crippen LogP contribution in [0, 0.1) is 0 Å². The molecule has 0 aromatic heterocycles. The van der Waals surface area contributed by atoms with Crippen LogP contribution in [0.5, 0.6) is 0 Å². The molecule has 1 aromatic carbocycles. The first-order chi connectivity index (χ1) is 9.06. The van der Waals surface area contributed by atoms with Crippen molar-refractivity contribution in [2.24, 2.45) is 5.73 Å². The van der Waals surface area contributed by atoms with Gasteiger partial charge in [0.05, 0.1) is 12.7 Å². The Morgan fingerprint density at radius 1 is 1.37 bits per heavy atom. The van der Waals surface area contributed by atoms with Crippen molar-refractivity contribution in [3.63, 3.8) is 0 Å². The Bertz CT molecular complexity index is 405. The van der Waals surface area contributed by atoms with E-state index in [2.05, 4.69) is 0 Å². The molecule has 0 spiro atoms. The molecule has 4 nitrogen and oxygen atoms in total. The molecule has 0 atom stereocenters. The molecule has 1 rings (SSSR count). The van der Waals surface area contributed by atoms with Crippen LogP contribution in [0.25, 0.3) is 0 Å². The molecule has 0 bridgehead atoms. The SMILES string of the molecule is CC(C)OCCN(C)C(=O)c1ccccc1CCN. The first kappa shape index (κ1) is 15.7. The molecule has 0 fully saturated rings. The van der Waals surface area contributed by atoms with E-state index in [-0.39, 0.29) is 12.0 Å². The van der Waals surface area contributed by atoms with Crippen LogP contribution in [0.1, 0.15) is 29.8 Å². The van der Waals surface area contributed by atoms with Crippen LogP contribution in [-0.4, -0.2) is 43.7 Å². The van der Waals surface area contributed by atoms with E-state index in [1.807, 2.05) is 38.1 Å². The predicted molar refractivity (Wildman–Crippen MR) is 77.2 cm³/mol. The van der Waals surface area contributed by atoms with Crippen molar-refractivity contribution >= 4 is 5.91 Å². The van der Waals surface area contributed by atoms with Gasteiger partial charge < -0.3 is 15.4 Å². The Morgan fingerprint density at radius 3 is 2.68 bits per heavy atom. The van der Waals surface area contributed by atoms with E-state index in [0.29, 0.717) is 19.7 Å². The normalized spacial score (nSPS) is 10.8. The molecule has 0 saturated carbocycles. The number of amides is 1. The van der Waals surface area contributed by atoms with Gasteiger partial charge in [-0.3, -0.25) is 4.79 Å². The van der Waals surface area contributed by atoms with Crippen LogP contribution in [0.15, 0.2) is 24.3 Å². The topological polar surface area (TPSA) is 55.6 Å². The monoisotopic (exact) mass is 264 g/mol. The molecule has 106 valence electrons. The third kappa shape index (κ3) is 5.01.